The number of halogens is 1. The topological polar surface area (TPSA) is 59.7 Å². The highest BCUT2D eigenvalue weighted by molar-refractivity contribution is 5.87. The van der Waals surface area contributed by atoms with Crippen LogP contribution >= 0.6 is 0 Å². The van der Waals surface area contributed by atoms with Crippen LogP contribution < -0.4 is 4.74 Å². The zero-order chi connectivity index (χ0) is 22.1. The van der Waals surface area contributed by atoms with E-state index in [9.17, 15) is 4.79 Å². The molecule has 1 amide bonds. The van der Waals surface area contributed by atoms with Crippen LogP contribution in [-0.4, -0.2) is 38.3 Å². The quantitative estimate of drug-likeness (QED) is 0.427. The number of nitrogens with zero attached hydrogens (tertiary/aromatic N) is 4. The predicted molar refractivity (Wildman–Crippen MR) is 119 cm³/mol. The molecule has 1 atom stereocenters. The first-order valence-corrected chi connectivity index (χ1v) is 10.4. The Kier molecular flexibility index (Phi) is 5.15. The first-order chi connectivity index (χ1) is 15.6. The fraction of sp³-hybridized carbons (Fsp3) is 0.160. The summed E-state index contributed by atoms with van der Waals surface area (Å²) < 4.78 is 22.7. The molecule has 0 radical (unpaired) electrons. The monoisotopic (exact) mass is 428 g/mol. The number of fused-ring (bicyclic) bond motifs is 1. The zero-order valence-corrected chi connectivity index (χ0v) is 17.3. The largest absolute Gasteiger partial charge is 0.439 e. The van der Waals surface area contributed by atoms with Crippen LogP contribution in [-0.2, 0) is 4.79 Å². The minimum absolute atomic E-state index is 0.0626. The molecule has 32 heavy (non-hydrogen) atoms. The van der Waals surface area contributed by atoms with Crippen molar-refractivity contribution in [1.29, 1.82) is 0 Å². The average Bonchev–Trinajstić information content (AvgIpc) is 3.45. The van der Waals surface area contributed by atoms with Crippen LogP contribution in [0.4, 0.5) is 4.39 Å². The molecule has 0 N–H and O–H groups in total. The molecule has 0 bridgehead atoms. The Bertz CT molecular complexity index is 1300. The summed E-state index contributed by atoms with van der Waals surface area (Å²) in [5.41, 5.74) is 3.19. The first-order valence-electron chi connectivity index (χ1n) is 10.4. The molecule has 1 aliphatic heterocycles. The summed E-state index contributed by atoms with van der Waals surface area (Å²) >= 11 is 0. The molecule has 0 aliphatic carbocycles. The van der Waals surface area contributed by atoms with Crippen molar-refractivity contribution >= 4 is 11.4 Å². The highest BCUT2D eigenvalue weighted by atomic mass is 19.1. The van der Waals surface area contributed by atoms with Gasteiger partial charge in [0.05, 0.1) is 17.5 Å². The van der Waals surface area contributed by atoms with Crippen molar-refractivity contribution in [1.82, 2.24) is 19.3 Å². The second kappa shape index (κ2) is 8.26. The van der Waals surface area contributed by atoms with Gasteiger partial charge in [0.2, 0.25) is 11.8 Å². The fourth-order valence-electron chi connectivity index (χ4n) is 4.25. The van der Waals surface area contributed by atoms with Gasteiger partial charge in [0, 0.05) is 49.1 Å². The van der Waals surface area contributed by atoms with E-state index >= 15 is 4.39 Å². The molecule has 6 nitrogen and oxygen atoms in total. The van der Waals surface area contributed by atoms with Gasteiger partial charge in [-0.2, -0.15) is 0 Å². The molecule has 0 spiro atoms. The predicted octanol–water partition coefficient (Wildman–Crippen LogP) is 4.83. The number of carbonyl (C=O) groups is 1. The maximum absolute atomic E-state index is 15.2. The van der Waals surface area contributed by atoms with Crippen molar-refractivity contribution in [2.24, 2.45) is 0 Å². The summed E-state index contributed by atoms with van der Waals surface area (Å²) in [5.74, 6) is 0.480. The number of pyridine rings is 1. The lowest BCUT2D eigenvalue weighted by Crippen LogP contribution is -2.26. The summed E-state index contributed by atoms with van der Waals surface area (Å²) in [6.07, 6.45) is 7.23. The average molecular weight is 428 g/mol. The van der Waals surface area contributed by atoms with Gasteiger partial charge in [-0.3, -0.25) is 9.20 Å². The number of hydrogen-bond acceptors (Lipinski definition) is 4. The molecular formula is C25H21FN4O2. The summed E-state index contributed by atoms with van der Waals surface area (Å²) in [5, 5.41) is 0. The van der Waals surface area contributed by atoms with Gasteiger partial charge in [-0.05, 0) is 48.4 Å². The maximum atomic E-state index is 15.2. The molecule has 1 saturated heterocycles. The van der Waals surface area contributed by atoms with Crippen LogP contribution in [0, 0.1) is 5.82 Å². The Labute approximate surface area is 184 Å². The Hall–Kier alpha value is -4.00. The lowest BCUT2D eigenvalue weighted by Gasteiger charge is -2.13. The number of carbonyl (C=O) groups excluding carboxylic acids is 1. The number of likely N-dealkylation sites (tertiary alicyclic amines) is 1. The molecule has 1 unspecified atom stereocenters. The first kappa shape index (κ1) is 19.9. The Morgan fingerprint density at radius 1 is 1.19 bits per heavy atom. The van der Waals surface area contributed by atoms with Crippen molar-refractivity contribution in [3.05, 3.63) is 91.3 Å². The van der Waals surface area contributed by atoms with Gasteiger partial charge in [-0.25, -0.2) is 14.4 Å². The van der Waals surface area contributed by atoms with Crippen LogP contribution in [0.25, 0.3) is 16.8 Å². The molecule has 4 heterocycles. The highest BCUT2D eigenvalue weighted by Gasteiger charge is 2.29. The van der Waals surface area contributed by atoms with E-state index in [1.165, 1.54) is 12.1 Å². The molecule has 1 aliphatic rings. The number of ether oxygens (including phenoxy) is 1. The molecule has 1 aromatic carbocycles. The molecule has 3 aromatic heterocycles. The van der Waals surface area contributed by atoms with Gasteiger partial charge < -0.3 is 9.64 Å². The smallest absolute Gasteiger partial charge is 0.245 e. The van der Waals surface area contributed by atoms with Crippen LogP contribution in [0.5, 0.6) is 11.6 Å². The molecule has 0 saturated carbocycles. The van der Waals surface area contributed by atoms with E-state index in [1.807, 2.05) is 16.5 Å². The highest BCUT2D eigenvalue weighted by Crippen LogP contribution is 2.37. The van der Waals surface area contributed by atoms with Gasteiger partial charge in [0.1, 0.15) is 11.6 Å². The van der Waals surface area contributed by atoms with Crippen molar-refractivity contribution in [3.63, 3.8) is 0 Å². The van der Waals surface area contributed by atoms with E-state index in [0.29, 0.717) is 36.0 Å². The van der Waals surface area contributed by atoms with Gasteiger partial charge in [0.15, 0.2) is 0 Å². The zero-order valence-electron chi connectivity index (χ0n) is 17.3. The van der Waals surface area contributed by atoms with E-state index in [1.54, 1.807) is 54.0 Å². The van der Waals surface area contributed by atoms with E-state index in [4.69, 9.17) is 4.74 Å². The van der Waals surface area contributed by atoms with Gasteiger partial charge in [-0.15, -0.1) is 0 Å². The third-order valence-corrected chi connectivity index (χ3v) is 5.80. The second-order valence-electron chi connectivity index (χ2n) is 7.71. The number of hydrogen-bond donors (Lipinski definition) is 0. The molecular weight excluding hydrogens is 407 g/mol. The minimum atomic E-state index is -0.400. The minimum Gasteiger partial charge on any atom is -0.439 e. The van der Waals surface area contributed by atoms with E-state index in [-0.39, 0.29) is 11.8 Å². The SMILES string of the molecule is C=CC(=O)N1CCC(c2cc(-c3ccc(Oc4ccccn4)cc3F)n3cnccc23)C1. The lowest BCUT2D eigenvalue weighted by atomic mass is 9.98. The Morgan fingerprint density at radius 2 is 2.09 bits per heavy atom. The van der Waals surface area contributed by atoms with Gasteiger partial charge >= 0.3 is 0 Å². The Balaban J connectivity index is 1.50. The van der Waals surface area contributed by atoms with Crippen molar-refractivity contribution in [3.8, 4) is 22.9 Å². The number of benzene rings is 1. The molecule has 4 aromatic rings. The standard InChI is InChI=1S/C25H21FN4O2/c1-2-25(31)29-12-9-17(15-29)20-14-23(30-16-27-11-8-22(20)30)19-7-6-18(13-21(19)26)32-24-5-3-4-10-28-24/h2-8,10-11,13-14,16-17H,1,9,12,15H2. The van der Waals surface area contributed by atoms with Crippen LogP contribution in [0.1, 0.15) is 17.9 Å². The summed E-state index contributed by atoms with van der Waals surface area (Å²) in [7, 11) is 0. The van der Waals surface area contributed by atoms with Crippen molar-refractivity contribution in [2.75, 3.05) is 13.1 Å². The van der Waals surface area contributed by atoms with E-state index in [2.05, 4.69) is 16.5 Å². The lowest BCUT2D eigenvalue weighted by molar-refractivity contribution is -0.125. The maximum Gasteiger partial charge on any atom is 0.245 e. The van der Waals surface area contributed by atoms with Gasteiger partial charge in [0.25, 0.3) is 0 Å². The number of amides is 1. The third-order valence-electron chi connectivity index (χ3n) is 5.80. The van der Waals surface area contributed by atoms with Crippen molar-refractivity contribution < 1.29 is 13.9 Å². The van der Waals surface area contributed by atoms with E-state index in [0.717, 1.165) is 17.5 Å². The molecule has 1 fully saturated rings. The van der Waals surface area contributed by atoms with E-state index < -0.39 is 5.82 Å². The number of rotatable bonds is 5. The Morgan fingerprint density at radius 3 is 2.88 bits per heavy atom. The van der Waals surface area contributed by atoms with Gasteiger partial charge in [-0.1, -0.05) is 12.6 Å². The third kappa shape index (κ3) is 3.62. The summed E-state index contributed by atoms with van der Waals surface area (Å²) in [6, 6.07) is 14.0. The molecule has 7 heteroatoms. The van der Waals surface area contributed by atoms with Crippen LogP contribution in [0.15, 0.2) is 79.9 Å². The summed E-state index contributed by atoms with van der Waals surface area (Å²) in [4.78, 5) is 22.1. The molecule has 160 valence electrons. The summed E-state index contributed by atoms with van der Waals surface area (Å²) in [6.45, 7) is 4.88. The fourth-order valence-corrected chi connectivity index (χ4v) is 4.25. The molecule has 5 rings (SSSR count). The van der Waals surface area contributed by atoms with Crippen molar-refractivity contribution in [2.45, 2.75) is 12.3 Å². The number of aromatic nitrogens is 3. The van der Waals surface area contributed by atoms with Crippen LogP contribution in [0.3, 0.4) is 0 Å². The van der Waals surface area contributed by atoms with Crippen LogP contribution in [0.2, 0.25) is 0 Å². The second-order valence-corrected chi connectivity index (χ2v) is 7.71. The normalized spacial score (nSPS) is 15.8.